The molecule has 0 saturated carbocycles. The number of nitrogens with zero attached hydrogens (tertiary/aromatic N) is 2. The van der Waals surface area contributed by atoms with Gasteiger partial charge in [0.15, 0.2) is 0 Å². The lowest BCUT2D eigenvalue weighted by atomic mass is 10.2. The van der Waals surface area contributed by atoms with Gasteiger partial charge in [-0.3, -0.25) is 4.79 Å². The largest absolute Gasteiger partial charge is 0.417 e. The van der Waals surface area contributed by atoms with Crippen molar-refractivity contribution < 1.29 is 18.0 Å². The predicted octanol–water partition coefficient (Wildman–Crippen LogP) is 2.95. The molecule has 5 nitrogen and oxygen atoms in total. The van der Waals surface area contributed by atoms with Crippen molar-refractivity contribution in [2.75, 3.05) is 30.0 Å². The molecule has 2 heterocycles. The molecule has 2 rings (SSSR count). The molecule has 0 radical (unpaired) electrons. The Kier molecular flexibility index (Phi) is 8.78. The van der Waals surface area contributed by atoms with Crippen molar-refractivity contribution in [3.63, 3.8) is 0 Å². The van der Waals surface area contributed by atoms with Gasteiger partial charge in [-0.2, -0.15) is 24.9 Å². The molecule has 0 spiro atoms. The number of nitrogens with one attached hydrogen (secondary N) is 1. The molecule has 1 aliphatic heterocycles. The quantitative estimate of drug-likeness (QED) is 0.722. The lowest BCUT2D eigenvalue weighted by molar-refractivity contribution is -0.137. The average molecular weight is 433 g/mol. The first kappa shape index (κ1) is 23.1. The van der Waals surface area contributed by atoms with E-state index < -0.39 is 17.8 Å². The highest BCUT2D eigenvalue weighted by atomic mass is 35.5. The van der Waals surface area contributed by atoms with E-state index in [1.54, 1.807) is 16.7 Å². The number of aromatic nitrogens is 1. The summed E-state index contributed by atoms with van der Waals surface area (Å²) in [6.45, 7) is 0.974. The summed E-state index contributed by atoms with van der Waals surface area (Å²) in [5, 5.41) is 2.82. The fraction of sp³-hybridized carbons (Fsp3) is 0.600. The summed E-state index contributed by atoms with van der Waals surface area (Å²) in [6, 6.07) is 0.177. The first-order valence-electron chi connectivity index (χ1n) is 7.75. The summed E-state index contributed by atoms with van der Waals surface area (Å²) < 4.78 is 38.0. The lowest BCUT2D eigenvalue weighted by Crippen LogP contribution is -2.46. The minimum absolute atomic E-state index is 0. The van der Waals surface area contributed by atoms with Crippen molar-refractivity contribution in [2.24, 2.45) is 5.73 Å². The number of pyridine rings is 1. The van der Waals surface area contributed by atoms with Crippen LogP contribution >= 0.6 is 35.8 Å². The van der Waals surface area contributed by atoms with Crippen LogP contribution in [0.3, 0.4) is 0 Å². The number of nitrogens with two attached hydrogens (primary N) is 1. The number of thioether (sulfide) groups is 1. The van der Waals surface area contributed by atoms with E-state index >= 15 is 0 Å². The van der Waals surface area contributed by atoms with Crippen molar-refractivity contribution >= 4 is 47.5 Å². The molecule has 1 aliphatic rings. The van der Waals surface area contributed by atoms with Crippen LogP contribution in [0.1, 0.15) is 18.4 Å². The molecule has 1 unspecified atom stereocenters. The van der Waals surface area contributed by atoms with E-state index in [1.165, 1.54) is 0 Å². The second-order valence-corrected chi connectivity index (χ2v) is 7.25. The molecule has 1 saturated heterocycles. The molecule has 148 valence electrons. The number of carbonyl (C=O) groups excluding carboxylic acids is 1. The molecule has 11 heteroatoms. The smallest absolute Gasteiger partial charge is 0.353 e. The van der Waals surface area contributed by atoms with Crippen molar-refractivity contribution in [3.05, 3.63) is 22.8 Å². The van der Waals surface area contributed by atoms with Crippen LogP contribution < -0.4 is 16.0 Å². The third-order valence-corrected chi connectivity index (χ3v) is 4.88. The molecule has 0 aliphatic carbocycles. The number of hydrogen-bond acceptors (Lipinski definition) is 5. The minimum atomic E-state index is -4.48. The van der Waals surface area contributed by atoms with Crippen LogP contribution in [0.5, 0.6) is 0 Å². The zero-order chi connectivity index (χ0) is 18.6. The number of alkyl halides is 3. The van der Waals surface area contributed by atoms with Gasteiger partial charge in [-0.25, -0.2) is 4.98 Å². The molecule has 1 amide bonds. The lowest BCUT2D eigenvalue weighted by Gasteiger charge is -2.20. The number of anilines is 1. The van der Waals surface area contributed by atoms with Crippen LogP contribution in [-0.4, -0.2) is 48.1 Å². The molecular formula is C15H21Cl2F3N4OS. The van der Waals surface area contributed by atoms with E-state index in [1.807, 2.05) is 6.26 Å². The van der Waals surface area contributed by atoms with Crippen LogP contribution in [0.2, 0.25) is 5.02 Å². The van der Waals surface area contributed by atoms with E-state index in [0.717, 1.165) is 18.0 Å². The number of hydrogen-bond donors (Lipinski definition) is 2. The fourth-order valence-electron chi connectivity index (χ4n) is 2.57. The van der Waals surface area contributed by atoms with E-state index in [9.17, 15) is 18.0 Å². The molecule has 1 fully saturated rings. The van der Waals surface area contributed by atoms with Crippen LogP contribution in [0.25, 0.3) is 0 Å². The molecule has 1 aromatic heterocycles. The minimum Gasteiger partial charge on any atom is -0.353 e. The number of amides is 1. The topological polar surface area (TPSA) is 71.2 Å². The summed E-state index contributed by atoms with van der Waals surface area (Å²) in [4.78, 5) is 17.7. The maximum Gasteiger partial charge on any atom is 0.417 e. The molecule has 1 aromatic rings. The summed E-state index contributed by atoms with van der Waals surface area (Å²) in [7, 11) is 0. The first-order chi connectivity index (χ1) is 11.7. The Balaban J connectivity index is 0.00000338. The Morgan fingerprint density at radius 1 is 1.58 bits per heavy atom. The highest BCUT2D eigenvalue weighted by Crippen LogP contribution is 2.34. The van der Waals surface area contributed by atoms with Gasteiger partial charge in [0.05, 0.1) is 16.6 Å². The van der Waals surface area contributed by atoms with Crippen LogP contribution in [-0.2, 0) is 11.0 Å². The number of rotatable bonds is 6. The zero-order valence-corrected chi connectivity index (χ0v) is 16.4. The summed E-state index contributed by atoms with van der Waals surface area (Å²) in [5.41, 5.74) is 4.95. The Hall–Kier alpha value is -0.900. The maximum atomic E-state index is 12.7. The van der Waals surface area contributed by atoms with Crippen molar-refractivity contribution in [1.29, 1.82) is 0 Å². The molecule has 2 atom stereocenters. The second-order valence-electron chi connectivity index (χ2n) is 5.86. The highest BCUT2D eigenvalue weighted by Gasteiger charge is 2.33. The highest BCUT2D eigenvalue weighted by molar-refractivity contribution is 7.98. The Labute approximate surface area is 165 Å². The van der Waals surface area contributed by atoms with Gasteiger partial charge in [0.1, 0.15) is 5.82 Å². The summed E-state index contributed by atoms with van der Waals surface area (Å²) >= 11 is 7.58. The van der Waals surface area contributed by atoms with Crippen LogP contribution in [0.15, 0.2) is 12.3 Å². The first-order valence-corrected chi connectivity index (χ1v) is 9.52. The van der Waals surface area contributed by atoms with Gasteiger partial charge in [0, 0.05) is 25.3 Å². The van der Waals surface area contributed by atoms with Crippen molar-refractivity contribution in [1.82, 2.24) is 10.3 Å². The van der Waals surface area contributed by atoms with E-state index in [2.05, 4.69) is 10.3 Å². The van der Waals surface area contributed by atoms with Gasteiger partial charge >= 0.3 is 6.18 Å². The molecule has 3 N–H and O–H groups in total. The van der Waals surface area contributed by atoms with E-state index in [0.29, 0.717) is 25.9 Å². The van der Waals surface area contributed by atoms with Gasteiger partial charge in [-0.1, -0.05) is 11.6 Å². The van der Waals surface area contributed by atoms with Crippen LogP contribution in [0, 0.1) is 0 Å². The molecule has 0 bridgehead atoms. The third kappa shape index (κ3) is 6.07. The van der Waals surface area contributed by atoms with Gasteiger partial charge in [0.25, 0.3) is 0 Å². The average Bonchev–Trinajstić information content (AvgIpc) is 2.99. The Morgan fingerprint density at radius 2 is 2.27 bits per heavy atom. The van der Waals surface area contributed by atoms with Gasteiger partial charge in [-0.15, -0.1) is 12.4 Å². The summed E-state index contributed by atoms with van der Waals surface area (Å²) in [6.07, 6.45) is -0.523. The Bertz CT molecular complexity index is 621. The van der Waals surface area contributed by atoms with E-state index in [-0.39, 0.29) is 35.2 Å². The molecule has 0 aromatic carbocycles. The van der Waals surface area contributed by atoms with Gasteiger partial charge < -0.3 is 16.0 Å². The van der Waals surface area contributed by atoms with E-state index in [4.69, 9.17) is 17.3 Å². The van der Waals surface area contributed by atoms with Crippen molar-refractivity contribution in [3.8, 4) is 0 Å². The predicted molar refractivity (Wildman–Crippen MR) is 101 cm³/mol. The monoisotopic (exact) mass is 432 g/mol. The number of halogens is 5. The van der Waals surface area contributed by atoms with Gasteiger partial charge in [-0.05, 0) is 30.9 Å². The molecule has 26 heavy (non-hydrogen) atoms. The molecular weight excluding hydrogens is 412 g/mol. The third-order valence-electron chi connectivity index (χ3n) is 3.95. The Morgan fingerprint density at radius 3 is 2.85 bits per heavy atom. The number of carbonyl (C=O) groups is 1. The SMILES string of the molecule is CSCC[C@H](N)C(=O)NC1CCN(c2ncc(C(F)(F)F)cc2Cl)C1.Cl. The van der Waals surface area contributed by atoms with Crippen molar-refractivity contribution in [2.45, 2.75) is 31.1 Å². The zero-order valence-electron chi connectivity index (χ0n) is 14.1. The summed E-state index contributed by atoms with van der Waals surface area (Å²) in [5.74, 6) is 0.877. The fourth-order valence-corrected chi connectivity index (χ4v) is 3.35. The maximum absolute atomic E-state index is 12.7. The van der Waals surface area contributed by atoms with Gasteiger partial charge in [0.2, 0.25) is 5.91 Å². The normalized spacial score (nSPS) is 18.4. The standard InChI is InChI=1S/C15H20ClF3N4OS.ClH/c1-25-5-3-12(20)14(24)22-10-2-4-23(8-10)13-11(16)6-9(7-21-13)15(17,18)19;/h6-7,10,12H,2-5,8,20H2,1H3,(H,22,24);1H/t10?,12-;/m0./s1. The second kappa shape index (κ2) is 9.87. The van der Waals surface area contributed by atoms with Crippen LogP contribution in [0.4, 0.5) is 19.0 Å².